The third-order valence-corrected chi connectivity index (χ3v) is 8.33. The molecular weight excluding hydrogens is 588 g/mol. The van der Waals surface area contributed by atoms with E-state index in [0.717, 1.165) is 12.0 Å². The van der Waals surface area contributed by atoms with E-state index in [1.165, 1.54) is 49.0 Å². The van der Waals surface area contributed by atoms with Crippen molar-refractivity contribution in [2.75, 3.05) is 21.3 Å². The third kappa shape index (κ3) is 13.0. The van der Waals surface area contributed by atoms with E-state index in [9.17, 15) is 27.0 Å². The lowest BCUT2D eigenvalue weighted by atomic mass is 9.84. The van der Waals surface area contributed by atoms with E-state index in [1.807, 2.05) is 18.2 Å². The molecule has 12 nitrogen and oxygen atoms in total. The molecule has 0 heterocycles. The minimum Gasteiger partial charge on any atom is -0.299 e. The van der Waals surface area contributed by atoms with Gasteiger partial charge in [0.15, 0.2) is 11.6 Å². The lowest BCUT2D eigenvalue weighted by Crippen LogP contribution is -2.36. The Labute approximate surface area is 244 Å². The SMILES string of the molecule is COS(=O)OC(C)(C)C(C)=O.COS(=O)OC(C)C(C)(C)C(C)=O.COS(=O)OC1CCc2ccccc2C1=O. The van der Waals surface area contributed by atoms with Crippen molar-refractivity contribution in [1.29, 1.82) is 0 Å². The lowest BCUT2D eigenvalue weighted by Gasteiger charge is -2.27. The van der Waals surface area contributed by atoms with Gasteiger partial charge in [0, 0.05) is 5.56 Å². The van der Waals surface area contributed by atoms with Crippen LogP contribution in [-0.4, -0.2) is 69.1 Å². The summed E-state index contributed by atoms with van der Waals surface area (Å²) in [5.74, 6) is -0.316. The first kappa shape index (κ1) is 38.4. The molecule has 1 aliphatic rings. The second-order valence-electron chi connectivity index (χ2n) is 9.42. The highest BCUT2D eigenvalue weighted by Crippen LogP contribution is 2.25. The van der Waals surface area contributed by atoms with Crippen LogP contribution in [0.3, 0.4) is 0 Å². The van der Waals surface area contributed by atoms with E-state index in [0.29, 0.717) is 12.0 Å². The summed E-state index contributed by atoms with van der Waals surface area (Å²) in [4.78, 5) is 33.9. The van der Waals surface area contributed by atoms with Gasteiger partial charge >= 0.3 is 34.1 Å². The number of carbonyl (C=O) groups excluding carboxylic acids is 3. The van der Waals surface area contributed by atoms with Gasteiger partial charge in [-0.25, -0.2) is 0 Å². The first-order valence-corrected chi connectivity index (χ1v) is 15.0. The highest BCUT2D eigenvalue weighted by Gasteiger charge is 2.33. The second kappa shape index (κ2) is 18.1. The Hall–Kier alpha value is -1.56. The molecule has 1 aromatic carbocycles. The Kier molecular flexibility index (Phi) is 17.4. The summed E-state index contributed by atoms with van der Waals surface area (Å²) in [6, 6.07) is 7.41. The zero-order valence-electron chi connectivity index (χ0n) is 24.5. The maximum Gasteiger partial charge on any atom is 0.305 e. The zero-order valence-corrected chi connectivity index (χ0v) is 27.0. The quantitative estimate of drug-likeness (QED) is 0.333. The molecular formula is C25H40O12S3. The maximum atomic E-state index is 12.0. The molecule has 40 heavy (non-hydrogen) atoms. The molecule has 0 N–H and O–H groups in total. The average molecular weight is 629 g/mol. The summed E-state index contributed by atoms with van der Waals surface area (Å²) < 4.78 is 60.5. The van der Waals surface area contributed by atoms with Gasteiger partial charge in [0.05, 0.1) is 32.8 Å². The van der Waals surface area contributed by atoms with Crippen molar-refractivity contribution in [1.82, 2.24) is 0 Å². The fourth-order valence-electron chi connectivity index (χ4n) is 2.62. The van der Waals surface area contributed by atoms with Crippen LogP contribution < -0.4 is 0 Å². The fraction of sp³-hybridized carbons (Fsp3) is 0.640. The van der Waals surface area contributed by atoms with Gasteiger partial charge in [0.1, 0.15) is 17.5 Å². The molecule has 0 amide bonds. The Morgan fingerprint density at radius 2 is 1.40 bits per heavy atom. The number of hydrogen-bond acceptors (Lipinski definition) is 12. The molecule has 0 saturated carbocycles. The van der Waals surface area contributed by atoms with Crippen molar-refractivity contribution in [3.63, 3.8) is 0 Å². The molecule has 0 bridgehead atoms. The van der Waals surface area contributed by atoms with E-state index in [4.69, 9.17) is 12.5 Å². The van der Waals surface area contributed by atoms with Crippen LogP contribution in [-0.2, 0) is 75.2 Å². The number of carbonyl (C=O) groups is 3. The van der Waals surface area contributed by atoms with Crippen molar-refractivity contribution < 1.29 is 52.1 Å². The molecule has 2 rings (SSSR count). The van der Waals surface area contributed by atoms with E-state index < -0.39 is 57.3 Å². The molecule has 1 aromatic rings. The maximum absolute atomic E-state index is 12.0. The van der Waals surface area contributed by atoms with E-state index in [1.54, 1.807) is 26.8 Å². The Morgan fingerprint density at radius 1 is 0.875 bits per heavy atom. The van der Waals surface area contributed by atoms with Gasteiger partial charge in [0.2, 0.25) is 0 Å². The summed E-state index contributed by atoms with van der Waals surface area (Å²) >= 11 is -5.45. The predicted octanol–water partition coefficient (Wildman–Crippen LogP) is 3.25. The first-order valence-electron chi connectivity index (χ1n) is 12.0. The van der Waals surface area contributed by atoms with Crippen molar-refractivity contribution >= 4 is 51.4 Å². The zero-order chi connectivity index (χ0) is 31.3. The van der Waals surface area contributed by atoms with Crippen LogP contribution in [0.1, 0.15) is 70.8 Å². The fourth-order valence-corrected chi connectivity index (χ4v) is 4.15. The second-order valence-corrected chi connectivity index (χ2v) is 12.2. The van der Waals surface area contributed by atoms with Crippen LogP contribution >= 0.6 is 0 Å². The van der Waals surface area contributed by atoms with Crippen molar-refractivity contribution in [3.05, 3.63) is 35.4 Å². The van der Waals surface area contributed by atoms with Crippen molar-refractivity contribution in [3.8, 4) is 0 Å². The molecule has 0 aromatic heterocycles. The summed E-state index contributed by atoms with van der Waals surface area (Å²) in [5, 5.41) is 0. The average Bonchev–Trinajstić information content (AvgIpc) is 2.90. The first-order chi connectivity index (χ1) is 18.4. The molecule has 5 atom stereocenters. The highest BCUT2D eigenvalue weighted by molar-refractivity contribution is 7.75. The monoisotopic (exact) mass is 628 g/mol. The standard InChI is InChI=1S/C11H12O4S.C8H16O4S.C6H12O4S/c1-14-16(13)15-10-7-6-8-4-2-3-5-9(8)11(10)12;1-6(9)8(3,4)7(2)12-13(10)11-5;1-5(7)6(2,3)10-11(8)9-4/h2-5,10H,6-7H2,1H3;7H,1-5H3;1-4H3. The van der Waals surface area contributed by atoms with E-state index in [-0.39, 0.29) is 17.3 Å². The smallest absolute Gasteiger partial charge is 0.299 e. The van der Waals surface area contributed by atoms with Crippen LogP contribution in [0.25, 0.3) is 0 Å². The molecule has 1 aliphatic carbocycles. The molecule has 230 valence electrons. The number of fused-ring (bicyclic) bond motifs is 1. The van der Waals surface area contributed by atoms with Crippen LogP contribution in [0.4, 0.5) is 0 Å². The molecule has 0 saturated heterocycles. The molecule has 0 fully saturated rings. The number of rotatable bonds is 12. The number of hydrogen-bond donors (Lipinski definition) is 0. The van der Waals surface area contributed by atoms with Gasteiger partial charge in [-0.2, -0.15) is 12.6 Å². The molecule has 0 aliphatic heterocycles. The minimum atomic E-state index is -1.84. The highest BCUT2D eigenvalue weighted by atomic mass is 32.2. The van der Waals surface area contributed by atoms with Gasteiger partial charge in [0.25, 0.3) is 0 Å². The van der Waals surface area contributed by atoms with Crippen LogP contribution in [0.5, 0.6) is 0 Å². The van der Waals surface area contributed by atoms with Gasteiger partial charge in [-0.1, -0.05) is 38.1 Å². The number of benzene rings is 1. The largest absolute Gasteiger partial charge is 0.305 e. The number of Topliss-reactive ketones (excluding diaryl/α,β-unsaturated/α-hetero) is 3. The van der Waals surface area contributed by atoms with Gasteiger partial charge in [-0.15, -0.1) is 0 Å². The van der Waals surface area contributed by atoms with Gasteiger partial charge in [-0.05, 0) is 53.0 Å². The normalized spacial score (nSPS) is 18.1. The molecule has 0 spiro atoms. The molecule has 0 radical (unpaired) electrons. The van der Waals surface area contributed by atoms with E-state index >= 15 is 0 Å². The summed E-state index contributed by atoms with van der Waals surface area (Å²) in [6.07, 6.45) is 0.208. The number of ketones is 3. The topological polar surface area (TPSA) is 158 Å². The van der Waals surface area contributed by atoms with Crippen LogP contribution in [0.2, 0.25) is 0 Å². The summed E-state index contributed by atoms with van der Waals surface area (Å²) in [7, 11) is 3.80. The van der Waals surface area contributed by atoms with Gasteiger partial charge in [-0.3, -0.25) is 39.5 Å². The minimum absolute atomic E-state index is 0.00639. The summed E-state index contributed by atoms with van der Waals surface area (Å²) in [5.41, 5.74) is -0.00268. The van der Waals surface area contributed by atoms with Gasteiger partial charge < -0.3 is 0 Å². The van der Waals surface area contributed by atoms with E-state index in [2.05, 4.69) is 12.5 Å². The van der Waals surface area contributed by atoms with Crippen LogP contribution in [0, 0.1) is 5.41 Å². The predicted molar refractivity (Wildman–Crippen MR) is 150 cm³/mol. The number of aryl methyl sites for hydroxylation is 1. The van der Waals surface area contributed by atoms with Crippen molar-refractivity contribution in [2.45, 2.75) is 79.1 Å². The van der Waals surface area contributed by atoms with Crippen molar-refractivity contribution in [2.24, 2.45) is 5.41 Å². The van der Waals surface area contributed by atoms with Crippen LogP contribution in [0.15, 0.2) is 24.3 Å². The Bertz CT molecular complexity index is 1070. The summed E-state index contributed by atoms with van der Waals surface area (Å²) in [6.45, 7) is 11.1. The lowest BCUT2D eigenvalue weighted by molar-refractivity contribution is -0.129. The Morgan fingerprint density at radius 3 is 1.88 bits per heavy atom. The third-order valence-electron chi connectivity index (χ3n) is 6.12. The molecule has 5 unspecified atom stereocenters. The molecule has 15 heteroatoms. The Balaban J connectivity index is 0.000000584.